The number of aliphatic hydroxyl groups excluding tert-OH is 4. The molecule has 0 aromatic heterocycles. The zero-order valence-electron chi connectivity index (χ0n) is 9.62. The Balaban J connectivity index is -0.0000000145. The minimum absolute atomic E-state index is 0. The summed E-state index contributed by atoms with van der Waals surface area (Å²) < 4.78 is 0. The Kier molecular flexibility index (Phi) is 234. The summed E-state index contributed by atoms with van der Waals surface area (Å²) in [5.74, 6) is 0. The van der Waals surface area contributed by atoms with Gasteiger partial charge in [-0.1, -0.05) is 0 Å². The normalized spacial score (nSPS) is 5.14. The van der Waals surface area contributed by atoms with Crippen molar-refractivity contribution in [3.63, 3.8) is 0 Å². The zero-order chi connectivity index (χ0) is 10.8. The fourth-order valence-electron chi connectivity index (χ4n) is 0. The zero-order valence-corrected chi connectivity index (χ0v) is 12.7. The molecule has 6 heteroatoms. The van der Waals surface area contributed by atoms with Gasteiger partial charge < -0.3 is 20.4 Å². The van der Waals surface area contributed by atoms with E-state index >= 15 is 0 Å². The quantitative estimate of drug-likeness (QED) is 0.470. The van der Waals surface area contributed by atoms with Crippen LogP contribution < -0.4 is 0 Å². The van der Waals surface area contributed by atoms with Gasteiger partial charge in [0.2, 0.25) is 0 Å². The third-order valence-corrected chi connectivity index (χ3v) is 0. The van der Waals surface area contributed by atoms with E-state index in [-0.39, 0.29) is 69.9 Å². The maximum atomic E-state index is 7.57. The van der Waals surface area contributed by atoms with Crippen LogP contribution in [0.1, 0.15) is 27.7 Å². The molecule has 88 valence electrons. The van der Waals surface area contributed by atoms with Crippen LogP contribution >= 0.6 is 0 Å². The molecule has 0 radical (unpaired) electrons. The van der Waals surface area contributed by atoms with Gasteiger partial charge in [0, 0.05) is 69.9 Å². The minimum atomic E-state index is 0. The average molecular weight is 280 g/mol. The van der Waals surface area contributed by atoms with Crippen LogP contribution in [0.2, 0.25) is 0 Å². The van der Waals surface area contributed by atoms with E-state index in [4.69, 9.17) is 20.4 Å². The summed E-state index contributed by atoms with van der Waals surface area (Å²) in [6.45, 7) is 7.72. The summed E-state index contributed by atoms with van der Waals surface area (Å²) in [5.41, 5.74) is 0. The molecule has 14 heavy (non-hydrogen) atoms. The number of aliphatic hydroxyl groups is 4. The summed E-state index contributed by atoms with van der Waals surface area (Å²) in [4.78, 5) is 0. The minimum Gasteiger partial charge on any atom is -0.397 e. The Bertz CT molecular complexity index is 27.3. The van der Waals surface area contributed by atoms with Gasteiger partial charge in [0.15, 0.2) is 0 Å². The van der Waals surface area contributed by atoms with E-state index in [2.05, 4.69) is 0 Å². The first-order chi connectivity index (χ1) is 5.66. The van der Waals surface area contributed by atoms with E-state index in [0.29, 0.717) is 0 Å². The van der Waals surface area contributed by atoms with Crippen molar-refractivity contribution in [3.8, 4) is 0 Å². The van der Waals surface area contributed by atoms with Crippen molar-refractivity contribution >= 4 is 0 Å². The Hall–Kier alpha value is 1.27. The Morgan fingerprint density at radius 2 is 0.500 bits per heavy atom. The third kappa shape index (κ3) is 1240. The molecule has 0 aromatic carbocycles. The van der Waals surface area contributed by atoms with Gasteiger partial charge in [0.05, 0.1) is 0 Å². The van der Waals surface area contributed by atoms with Gasteiger partial charge in [-0.2, -0.15) is 0 Å². The standard InChI is InChI=1S/4C2H6O.2Ti/c4*1-2-3;;/h4*3H,2H2,1H3;;. The molecule has 0 amide bonds. The maximum Gasteiger partial charge on any atom is 0.0402 e. The molecule has 0 spiro atoms. The van der Waals surface area contributed by atoms with Gasteiger partial charge in [-0.3, -0.25) is 0 Å². The topological polar surface area (TPSA) is 80.9 Å². The van der Waals surface area contributed by atoms with Crippen molar-refractivity contribution in [2.75, 3.05) is 26.4 Å². The summed E-state index contributed by atoms with van der Waals surface area (Å²) >= 11 is 0. The van der Waals surface area contributed by atoms with E-state index in [1.54, 1.807) is 27.7 Å². The van der Waals surface area contributed by atoms with Crippen molar-refractivity contribution in [1.29, 1.82) is 0 Å². The third-order valence-electron chi connectivity index (χ3n) is 0. The second-order valence-corrected chi connectivity index (χ2v) is 1.26. The predicted molar refractivity (Wildman–Crippen MR) is 51.0 cm³/mol. The van der Waals surface area contributed by atoms with Crippen LogP contribution in [0.25, 0.3) is 0 Å². The second-order valence-electron chi connectivity index (χ2n) is 1.26. The van der Waals surface area contributed by atoms with Gasteiger partial charge in [-0.15, -0.1) is 0 Å². The summed E-state index contributed by atoms with van der Waals surface area (Å²) in [6, 6.07) is 0. The smallest absolute Gasteiger partial charge is 0.0402 e. The molecular formula is C8H24O4Ti2. The number of hydrogen-bond acceptors (Lipinski definition) is 4. The molecule has 0 atom stereocenters. The van der Waals surface area contributed by atoms with Crippen molar-refractivity contribution < 1.29 is 63.9 Å². The van der Waals surface area contributed by atoms with Crippen LogP contribution in [-0.2, 0) is 43.4 Å². The predicted octanol–water partition coefficient (Wildman–Crippen LogP) is -0.0106. The van der Waals surface area contributed by atoms with E-state index in [1.807, 2.05) is 0 Å². The molecule has 0 rings (SSSR count). The van der Waals surface area contributed by atoms with Crippen LogP contribution in [0.3, 0.4) is 0 Å². The van der Waals surface area contributed by atoms with Crippen LogP contribution in [0.4, 0.5) is 0 Å². The SMILES string of the molecule is CCO.CCO.CCO.CCO.[Ti].[Ti]. The van der Waals surface area contributed by atoms with Crippen LogP contribution in [0.5, 0.6) is 0 Å². The van der Waals surface area contributed by atoms with Gasteiger partial charge in [0.1, 0.15) is 0 Å². The number of rotatable bonds is 0. The first kappa shape index (κ1) is 36.2. The number of hydrogen-bond donors (Lipinski definition) is 4. The maximum absolute atomic E-state index is 7.57. The fourth-order valence-corrected chi connectivity index (χ4v) is 0. The Morgan fingerprint density at radius 1 is 0.500 bits per heavy atom. The molecular weight excluding hydrogens is 256 g/mol. The van der Waals surface area contributed by atoms with Crippen LogP contribution in [0.15, 0.2) is 0 Å². The van der Waals surface area contributed by atoms with Gasteiger partial charge in [-0.25, -0.2) is 0 Å². The molecule has 0 aromatic rings. The molecule has 0 aliphatic carbocycles. The van der Waals surface area contributed by atoms with Gasteiger partial charge >= 0.3 is 0 Å². The van der Waals surface area contributed by atoms with Crippen molar-refractivity contribution in [3.05, 3.63) is 0 Å². The fraction of sp³-hybridized carbons (Fsp3) is 1.00. The van der Waals surface area contributed by atoms with Gasteiger partial charge in [-0.05, 0) is 27.7 Å². The van der Waals surface area contributed by atoms with E-state index < -0.39 is 0 Å². The second kappa shape index (κ2) is 90.5. The molecule has 0 heterocycles. The van der Waals surface area contributed by atoms with E-state index in [1.165, 1.54) is 0 Å². The molecule has 0 saturated carbocycles. The monoisotopic (exact) mass is 280 g/mol. The largest absolute Gasteiger partial charge is 0.397 e. The first-order valence-corrected chi connectivity index (χ1v) is 4.09. The molecule has 0 aliphatic heterocycles. The van der Waals surface area contributed by atoms with E-state index in [9.17, 15) is 0 Å². The summed E-state index contributed by atoms with van der Waals surface area (Å²) in [5, 5.41) is 30.3. The summed E-state index contributed by atoms with van der Waals surface area (Å²) in [7, 11) is 0. The molecule has 0 bridgehead atoms. The first-order valence-electron chi connectivity index (χ1n) is 4.09. The van der Waals surface area contributed by atoms with Crippen molar-refractivity contribution in [1.82, 2.24) is 0 Å². The van der Waals surface area contributed by atoms with E-state index in [0.717, 1.165) is 0 Å². The molecule has 0 aliphatic rings. The van der Waals surface area contributed by atoms with Crippen LogP contribution in [0, 0.1) is 0 Å². The van der Waals surface area contributed by atoms with Crippen LogP contribution in [-0.4, -0.2) is 46.9 Å². The molecule has 0 unspecified atom stereocenters. The Morgan fingerprint density at radius 3 is 0.500 bits per heavy atom. The Labute approximate surface area is 118 Å². The summed E-state index contributed by atoms with van der Waals surface area (Å²) in [6.07, 6.45) is 0. The van der Waals surface area contributed by atoms with Gasteiger partial charge in [0.25, 0.3) is 0 Å². The molecule has 4 N–H and O–H groups in total. The average Bonchev–Trinajstić information content (AvgIpc) is 1.92. The molecule has 4 nitrogen and oxygen atoms in total. The van der Waals surface area contributed by atoms with Crippen molar-refractivity contribution in [2.24, 2.45) is 0 Å². The molecule has 0 fully saturated rings. The van der Waals surface area contributed by atoms with Crippen molar-refractivity contribution in [2.45, 2.75) is 27.7 Å². The molecule has 0 saturated heterocycles.